The minimum absolute atomic E-state index is 0.0544. The first-order valence-electron chi connectivity index (χ1n) is 16.1. The fourth-order valence-electron chi connectivity index (χ4n) is 7.16. The molecule has 0 aromatic heterocycles. The zero-order valence-electron chi connectivity index (χ0n) is 25.8. The average Bonchev–Trinajstić information content (AvgIpc) is 3.46. The SMILES string of the molecule is CCCCCN1C(=O)C(CNC(=O)c2cc(CN3CCCC3)cc(N(CC)C3CCOCC3)c2C)C(C)CC1C. The number of amides is 2. The van der Waals surface area contributed by atoms with Gasteiger partial charge in [-0.2, -0.15) is 0 Å². The van der Waals surface area contributed by atoms with Gasteiger partial charge in [0.1, 0.15) is 0 Å². The zero-order chi connectivity index (χ0) is 28.6. The molecule has 40 heavy (non-hydrogen) atoms. The molecule has 1 aromatic rings. The Kier molecular flexibility index (Phi) is 11.3. The van der Waals surface area contributed by atoms with Crippen LogP contribution in [0.15, 0.2) is 12.1 Å². The predicted molar refractivity (Wildman–Crippen MR) is 163 cm³/mol. The highest BCUT2D eigenvalue weighted by atomic mass is 16.5. The number of hydrogen-bond donors (Lipinski definition) is 1. The van der Waals surface area contributed by atoms with Crippen LogP contribution in [0.2, 0.25) is 0 Å². The number of carbonyl (C=O) groups excluding carboxylic acids is 2. The zero-order valence-corrected chi connectivity index (χ0v) is 25.8. The third-order valence-electron chi connectivity index (χ3n) is 9.59. The Hall–Kier alpha value is -2.12. The molecule has 3 saturated heterocycles. The molecule has 1 N–H and O–H groups in total. The molecular formula is C33H54N4O3. The van der Waals surface area contributed by atoms with Crippen molar-refractivity contribution in [2.24, 2.45) is 11.8 Å². The quantitative estimate of drug-likeness (QED) is 0.351. The minimum Gasteiger partial charge on any atom is -0.381 e. The van der Waals surface area contributed by atoms with Crippen LogP contribution in [0.4, 0.5) is 5.69 Å². The number of piperidine rings is 1. The molecule has 3 heterocycles. The van der Waals surface area contributed by atoms with E-state index in [4.69, 9.17) is 4.74 Å². The van der Waals surface area contributed by atoms with Crippen LogP contribution in [0.1, 0.15) is 101 Å². The molecule has 3 unspecified atom stereocenters. The van der Waals surface area contributed by atoms with Crippen molar-refractivity contribution in [1.82, 2.24) is 15.1 Å². The van der Waals surface area contributed by atoms with E-state index in [0.717, 1.165) is 95.6 Å². The van der Waals surface area contributed by atoms with Crippen molar-refractivity contribution >= 4 is 17.5 Å². The number of benzene rings is 1. The fraction of sp³-hybridized carbons (Fsp3) is 0.758. The normalized spacial score (nSPS) is 24.5. The number of hydrogen-bond acceptors (Lipinski definition) is 5. The van der Waals surface area contributed by atoms with E-state index in [1.165, 1.54) is 24.1 Å². The van der Waals surface area contributed by atoms with E-state index in [9.17, 15) is 9.59 Å². The van der Waals surface area contributed by atoms with Crippen molar-refractivity contribution in [3.05, 3.63) is 28.8 Å². The van der Waals surface area contributed by atoms with Crippen molar-refractivity contribution in [2.45, 2.75) is 105 Å². The Morgan fingerprint density at radius 3 is 2.50 bits per heavy atom. The number of nitrogens with zero attached hydrogens (tertiary/aromatic N) is 3. The summed E-state index contributed by atoms with van der Waals surface area (Å²) in [6, 6.07) is 5.13. The van der Waals surface area contributed by atoms with Crippen molar-refractivity contribution in [1.29, 1.82) is 0 Å². The van der Waals surface area contributed by atoms with Gasteiger partial charge in [-0.05, 0) is 102 Å². The van der Waals surface area contributed by atoms with E-state index >= 15 is 0 Å². The van der Waals surface area contributed by atoms with Gasteiger partial charge in [0.15, 0.2) is 0 Å². The fourth-order valence-corrected chi connectivity index (χ4v) is 7.16. The van der Waals surface area contributed by atoms with E-state index in [1.807, 2.05) is 0 Å². The summed E-state index contributed by atoms with van der Waals surface area (Å²) >= 11 is 0. The monoisotopic (exact) mass is 554 g/mol. The summed E-state index contributed by atoms with van der Waals surface area (Å²) in [6.07, 6.45) is 8.85. The molecule has 0 aliphatic carbocycles. The molecule has 3 aliphatic heterocycles. The van der Waals surface area contributed by atoms with Gasteiger partial charge in [-0.1, -0.05) is 26.7 Å². The van der Waals surface area contributed by atoms with E-state index in [1.54, 1.807) is 0 Å². The predicted octanol–water partition coefficient (Wildman–Crippen LogP) is 5.39. The second kappa shape index (κ2) is 14.7. The van der Waals surface area contributed by atoms with Gasteiger partial charge >= 0.3 is 0 Å². The van der Waals surface area contributed by atoms with Crippen LogP contribution in [0, 0.1) is 18.8 Å². The summed E-state index contributed by atoms with van der Waals surface area (Å²) in [5.41, 5.74) is 4.17. The van der Waals surface area contributed by atoms with Gasteiger partial charge in [-0.15, -0.1) is 0 Å². The number of anilines is 1. The van der Waals surface area contributed by atoms with Gasteiger partial charge in [0.25, 0.3) is 5.91 Å². The Labute approximate surface area is 243 Å². The van der Waals surface area contributed by atoms with Gasteiger partial charge in [0.05, 0.1) is 5.92 Å². The molecule has 0 bridgehead atoms. The lowest BCUT2D eigenvalue weighted by Crippen LogP contribution is -2.53. The van der Waals surface area contributed by atoms with Crippen LogP contribution in [0.25, 0.3) is 0 Å². The third kappa shape index (κ3) is 7.39. The summed E-state index contributed by atoms with van der Waals surface area (Å²) in [6.45, 7) is 17.7. The highest BCUT2D eigenvalue weighted by molar-refractivity contribution is 5.97. The second-order valence-electron chi connectivity index (χ2n) is 12.5. The lowest BCUT2D eigenvalue weighted by atomic mass is 9.82. The first kappa shape index (κ1) is 30.8. The average molecular weight is 555 g/mol. The van der Waals surface area contributed by atoms with Crippen LogP contribution >= 0.6 is 0 Å². The number of nitrogens with one attached hydrogen (secondary N) is 1. The van der Waals surface area contributed by atoms with Crippen LogP contribution < -0.4 is 10.2 Å². The number of carbonyl (C=O) groups is 2. The highest BCUT2D eigenvalue weighted by Gasteiger charge is 2.38. The molecule has 0 radical (unpaired) electrons. The molecule has 7 nitrogen and oxygen atoms in total. The van der Waals surface area contributed by atoms with Gasteiger partial charge in [0.2, 0.25) is 5.91 Å². The Morgan fingerprint density at radius 2 is 1.82 bits per heavy atom. The molecule has 3 aliphatic rings. The summed E-state index contributed by atoms with van der Waals surface area (Å²) in [7, 11) is 0. The van der Waals surface area contributed by atoms with Crippen molar-refractivity contribution in [2.75, 3.05) is 50.8 Å². The molecule has 2 amide bonds. The van der Waals surface area contributed by atoms with E-state index in [-0.39, 0.29) is 29.7 Å². The van der Waals surface area contributed by atoms with Gasteiger partial charge < -0.3 is 19.9 Å². The van der Waals surface area contributed by atoms with Gasteiger partial charge in [-0.25, -0.2) is 0 Å². The van der Waals surface area contributed by atoms with Gasteiger partial charge in [0, 0.05) is 62.7 Å². The minimum atomic E-state index is -0.163. The first-order chi connectivity index (χ1) is 19.3. The number of ether oxygens (including phenoxy) is 1. The largest absolute Gasteiger partial charge is 0.381 e. The third-order valence-corrected chi connectivity index (χ3v) is 9.59. The van der Waals surface area contributed by atoms with E-state index in [0.29, 0.717) is 12.6 Å². The highest BCUT2D eigenvalue weighted by Crippen LogP contribution is 2.32. The summed E-state index contributed by atoms with van der Waals surface area (Å²) < 4.78 is 5.65. The molecule has 4 rings (SSSR count). The van der Waals surface area contributed by atoms with Gasteiger partial charge in [-0.3, -0.25) is 14.5 Å². The van der Waals surface area contributed by atoms with Crippen LogP contribution in [-0.4, -0.2) is 79.6 Å². The maximum Gasteiger partial charge on any atom is 0.251 e. The molecule has 0 spiro atoms. The lowest BCUT2D eigenvalue weighted by molar-refractivity contribution is -0.144. The Balaban J connectivity index is 1.54. The Morgan fingerprint density at radius 1 is 1.10 bits per heavy atom. The van der Waals surface area contributed by atoms with Crippen LogP contribution in [0.5, 0.6) is 0 Å². The number of likely N-dealkylation sites (tertiary alicyclic amines) is 2. The summed E-state index contributed by atoms with van der Waals surface area (Å²) in [5, 5.41) is 3.22. The van der Waals surface area contributed by atoms with Crippen molar-refractivity contribution < 1.29 is 14.3 Å². The molecule has 224 valence electrons. The van der Waals surface area contributed by atoms with Crippen LogP contribution in [-0.2, 0) is 16.1 Å². The smallest absolute Gasteiger partial charge is 0.251 e. The molecular weight excluding hydrogens is 500 g/mol. The summed E-state index contributed by atoms with van der Waals surface area (Å²) in [4.78, 5) is 34.4. The lowest BCUT2D eigenvalue weighted by Gasteiger charge is -2.41. The molecule has 3 atom stereocenters. The Bertz CT molecular complexity index is 986. The standard InChI is InChI=1S/C33H54N4O3/c1-6-8-9-16-37-25(4)19-24(3)30(33(37)39)22-34-32(38)29-20-27(23-35-14-10-11-15-35)21-31(26(29)5)36(7-2)28-12-17-40-18-13-28/h20-21,24-25,28,30H,6-19,22-23H2,1-5H3,(H,34,38). The van der Waals surface area contributed by atoms with Crippen molar-refractivity contribution in [3.63, 3.8) is 0 Å². The van der Waals surface area contributed by atoms with E-state index < -0.39 is 0 Å². The topological polar surface area (TPSA) is 65.1 Å². The summed E-state index contributed by atoms with van der Waals surface area (Å²) in [5.74, 6) is 0.247. The molecule has 3 fully saturated rings. The van der Waals surface area contributed by atoms with Crippen molar-refractivity contribution in [3.8, 4) is 0 Å². The maximum atomic E-state index is 13.8. The first-order valence-corrected chi connectivity index (χ1v) is 16.1. The van der Waals surface area contributed by atoms with Crippen LogP contribution in [0.3, 0.4) is 0 Å². The molecule has 0 saturated carbocycles. The number of unbranched alkanes of at least 4 members (excludes halogenated alkanes) is 2. The number of rotatable bonds is 12. The second-order valence-corrected chi connectivity index (χ2v) is 12.5. The maximum absolute atomic E-state index is 13.8. The van der Waals surface area contributed by atoms with E-state index in [2.05, 4.69) is 66.8 Å². The molecule has 7 heteroatoms. The molecule has 1 aromatic carbocycles.